The summed E-state index contributed by atoms with van der Waals surface area (Å²) in [4.78, 5) is 8.24. The van der Waals surface area contributed by atoms with E-state index in [9.17, 15) is 10.2 Å². The molecule has 3 rings (SSSR count). The zero-order valence-electron chi connectivity index (χ0n) is 9.89. The van der Waals surface area contributed by atoms with Gasteiger partial charge < -0.3 is 23.6 Å². The van der Waals surface area contributed by atoms with Crippen molar-refractivity contribution in [1.29, 1.82) is 0 Å². The van der Waals surface area contributed by atoms with Gasteiger partial charge >= 0.3 is 0 Å². The van der Waals surface area contributed by atoms with Crippen LogP contribution in [0.5, 0.6) is 0 Å². The van der Waals surface area contributed by atoms with Gasteiger partial charge in [0.2, 0.25) is 0 Å². The highest BCUT2D eigenvalue weighted by molar-refractivity contribution is 14.2. The summed E-state index contributed by atoms with van der Waals surface area (Å²) in [6.45, 7) is -0.352. The Morgan fingerprint density at radius 1 is 1.40 bits per heavy atom. The molecule has 2 aliphatic rings. The van der Waals surface area contributed by atoms with E-state index in [4.69, 9.17) is 9.84 Å². The van der Waals surface area contributed by atoms with Gasteiger partial charge in [-0.15, -0.1) is 0 Å². The molecule has 4 unspecified atom stereocenters. The molecule has 0 aliphatic carbocycles. The average Bonchev–Trinajstić information content (AvgIpc) is 3.01. The van der Waals surface area contributed by atoms with Gasteiger partial charge in [0.25, 0.3) is 0 Å². The largest absolute Gasteiger partial charge is 0.394 e. The van der Waals surface area contributed by atoms with Crippen molar-refractivity contribution in [2.45, 2.75) is 24.5 Å². The maximum absolute atomic E-state index is 10.1. The fourth-order valence-corrected chi connectivity index (χ4v) is 4.57. The number of nitrogens with zero attached hydrogens (tertiary/aromatic N) is 4. The van der Waals surface area contributed by atoms with Gasteiger partial charge in [-0.3, -0.25) is 3.11 Å². The predicted molar refractivity (Wildman–Crippen MR) is 86.0 cm³/mol. The highest BCUT2D eigenvalue weighted by Gasteiger charge is 2.47. The van der Waals surface area contributed by atoms with Gasteiger partial charge in [-0.1, -0.05) is 0 Å². The third-order valence-electron chi connectivity index (χ3n) is 3.04. The summed E-state index contributed by atoms with van der Waals surface area (Å²) in [6, 6.07) is 0. The van der Waals surface area contributed by atoms with Crippen molar-refractivity contribution in [2.24, 2.45) is 3.15 Å². The minimum Gasteiger partial charge on any atom is -0.394 e. The molecule has 9 nitrogen and oxygen atoms in total. The maximum atomic E-state index is 10.1. The zero-order chi connectivity index (χ0) is 14.3. The van der Waals surface area contributed by atoms with Gasteiger partial charge in [-0.25, -0.2) is 9.97 Å². The molecule has 1 aromatic rings. The van der Waals surface area contributed by atoms with Gasteiger partial charge in [0, 0.05) is 0 Å². The van der Waals surface area contributed by atoms with E-state index in [1.165, 1.54) is 6.33 Å². The van der Waals surface area contributed by atoms with Crippen LogP contribution in [0.4, 0.5) is 17.3 Å². The Labute approximate surface area is 138 Å². The molecule has 1 fully saturated rings. The van der Waals surface area contributed by atoms with Crippen LogP contribution in [0.1, 0.15) is 0 Å². The Morgan fingerprint density at radius 2 is 2.20 bits per heavy atom. The summed E-state index contributed by atoms with van der Waals surface area (Å²) >= 11 is 1.13. The smallest absolute Gasteiger partial charge is 0.172 e. The minimum absolute atomic E-state index is 0.352. The van der Waals surface area contributed by atoms with E-state index < -0.39 is 45.8 Å². The monoisotopic (exact) mass is 507 g/mol. The van der Waals surface area contributed by atoms with Crippen LogP contribution in [-0.4, -0.2) is 56.4 Å². The second-order valence-electron chi connectivity index (χ2n) is 4.19. The molecule has 0 aromatic carbocycles. The van der Waals surface area contributed by atoms with E-state index in [2.05, 4.69) is 16.6 Å². The summed E-state index contributed by atoms with van der Waals surface area (Å²) in [5.74, 6) is 1.17. The molecule has 2 aliphatic heterocycles. The summed E-state index contributed by atoms with van der Waals surface area (Å²) < 4.78 is 14.6. The normalized spacial score (nSPS) is 32.1. The van der Waals surface area contributed by atoms with Crippen LogP contribution < -0.4 is 6.64 Å². The fourth-order valence-electron chi connectivity index (χ4n) is 2.02. The highest BCUT2D eigenvalue weighted by atomic mass is 127. The van der Waals surface area contributed by atoms with E-state index in [0.29, 0.717) is 17.3 Å². The third kappa shape index (κ3) is 2.29. The Morgan fingerprint density at radius 3 is 2.85 bits per heavy atom. The number of aliphatic hydroxyl groups excluding tert-OH is 3. The Bertz CT molecular complexity index is 547. The van der Waals surface area contributed by atoms with Crippen molar-refractivity contribution >= 4 is 61.5 Å². The van der Waals surface area contributed by atoms with Crippen LogP contribution in [0, 0.1) is 0 Å². The Hall–Kier alpha value is -0.220. The van der Waals surface area contributed by atoms with E-state index in [0.717, 1.165) is 0 Å². The van der Waals surface area contributed by atoms with Crippen molar-refractivity contribution in [3.05, 3.63) is 6.33 Å². The summed E-state index contributed by atoms with van der Waals surface area (Å²) in [7, 11) is 0. The first kappa shape index (κ1) is 14.7. The number of anilines is 2. The lowest BCUT2D eigenvalue weighted by Gasteiger charge is -2.23. The van der Waals surface area contributed by atoms with Gasteiger partial charge in [-0.05, 0) is 0 Å². The first-order valence-electron chi connectivity index (χ1n) is 5.66. The number of hydrogen-bond donors (Lipinski definition) is 4. The van der Waals surface area contributed by atoms with Crippen LogP contribution in [0.15, 0.2) is 9.47 Å². The van der Waals surface area contributed by atoms with Crippen LogP contribution >= 0.6 is 44.2 Å². The first-order chi connectivity index (χ1) is 9.67. The molecule has 4 atom stereocenters. The number of halogens is 2. The molecule has 20 heavy (non-hydrogen) atoms. The van der Waals surface area contributed by atoms with E-state index >= 15 is 0 Å². The molecule has 1 aromatic heterocycles. The SMILES string of the molecule is OCC1OC(N2I=Nc3c(NI)ncnc32)C(O)C1O. The number of aromatic nitrogens is 2. The lowest BCUT2D eigenvalue weighted by atomic mass is 10.1. The molecule has 110 valence electrons. The molecular weight excluding hydrogens is 496 g/mol. The number of fused-ring (bicyclic) bond motifs is 1. The van der Waals surface area contributed by atoms with E-state index in [-0.39, 0.29) is 6.61 Å². The summed E-state index contributed by atoms with van der Waals surface area (Å²) in [5.41, 5.74) is 0.632. The molecule has 0 radical (unpaired) electrons. The second-order valence-corrected chi connectivity index (χ2v) is 6.68. The average molecular weight is 507 g/mol. The Kier molecular flexibility index (Phi) is 4.32. The number of rotatable bonds is 3. The number of nitrogens with one attached hydrogen (secondary N) is 1. The van der Waals surface area contributed by atoms with Gasteiger partial charge in [0.05, 0.1) is 29.5 Å². The standard InChI is InChI=1S/C9H11I2N5O4/c10-14-7-4-8(13-2-12-7)16(11-15-4)9-6(19)5(18)3(1-17)20-9/h2-3,5-6,9,17-19H,1H2,(H,12,13,14). The quantitative estimate of drug-likeness (QED) is 0.338. The molecule has 3 heterocycles. The third-order valence-corrected chi connectivity index (χ3v) is 5.72. The highest BCUT2D eigenvalue weighted by Crippen LogP contribution is 2.47. The van der Waals surface area contributed by atoms with E-state index in [1.54, 1.807) is 3.11 Å². The van der Waals surface area contributed by atoms with Gasteiger partial charge in [-0.2, -0.15) is 3.15 Å². The molecule has 11 heteroatoms. The van der Waals surface area contributed by atoms with Crippen LogP contribution in [0.3, 0.4) is 0 Å². The van der Waals surface area contributed by atoms with E-state index in [1.807, 2.05) is 22.9 Å². The topological polar surface area (TPSA) is 123 Å². The van der Waals surface area contributed by atoms with Crippen LogP contribution in [0.25, 0.3) is 0 Å². The molecule has 4 N–H and O–H groups in total. The summed E-state index contributed by atoms with van der Waals surface area (Å²) in [6.07, 6.45) is -2.39. The molecular formula is C9H11I2N5O4. The zero-order valence-corrected chi connectivity index (χ0v) is 14.2. The summed E-state index contributed by atoms with van der Waals surface area (Å²) in [5, 5.41) is 29.0. The van der Waals surface area contributed by atoms with Crippen molar-refractivity contribution in [3.63, 3.8) is 0 Å². The van der Waals surface area contributed by atoms with Crippen molar-refractivity contribution in [2.75, 3.05) is 13.3 Å². The number of aliphatic hydroxyl groups is 3. The first-order valence-corrected chi connectivity index (χ1v) is 8.67. The molecule has 1 saturated heterocycles. The van der Waals surface area contributed by atoms with Gasteiger partial charge in [0.1, 0.15) is 45.9 Å². The van der Waals surface area contributed by atoms with Crippen LogP contribution in [0.2, 0.25) is 0 Å². The number of ether oxygens (including phenoxy) is 1. The molecule has 0 saturated carbocycles. The Balaban J connectivity index is 1.91. The number of hydrogen-bond acceptors (Lipinski definition) is 9. The van der Waals surface area contributed by atoms with Crippen LogP contribution in [-0.2, 0) is 4.74 Å². The molecule has 0 bridgehead atoms. The molecule has 0 amide bonds. The maximum Gasteiger partial charge on any atom is 0.172 e. The second kappa shape index (κ2) is 5.88. The predicted octanol–water partition coefficient (Wildman–Crippen LogP) is 0.198. The van der Waals surface area contributed by atoms with Gasteiger partial charge in [0.15, 0.2) is 23.6 Å². The minimum atomic E-state index is -1.12. The lowest BCUT2D eigenvalue weighted by molar-refractivity contribution is -0.0175. The van der Waals surface area contributed by atoms with Crippen molar-refractivity contribution in [1.82, 2.24) is 9.97 Å². The fraction of sp³-hybridized carbons (Fsp3) is 0.556. The lowest BCUT2D eigenvalue weighted by Crippen LogP contribution is -2.39. The molecule has 0 spiro atoms. The van der Waals surface area contributed by atoms with Crippen molar-refractivity contribution < 1.29 is 20.1 Å². The van der Waals surface area contributed by atoms with Crippen molar-refractivity contribution in [3.8, 4) is 0 Å².